The van der Waals surface area contributed by atoms with E-state index in [9.17, 15) is 9.59 Å². The van der Waals surface area contributed by atoms with Crippen molar-refractivity contribution in [2.75, 3.05) is 33.3 Å². The van der Waals surface area contributed by atoms with Gasteiger partial charge < -0.3 is 19.6 Å². The normalized spacial score (nSPS) is 20.1. The average Bonchev–Trinajstić information content (AvgIpc) is 2.42. The molecule has 120 valence electrons. The number of hydrogen-bond donors (Lipinski definition) is 1. The van der Waals surface area contributed by atoms with E-state index in [0.29, 0.717) is 19.0 Å². The number of amides is 2. The van der Waals surface area contributed by atoms with Crippen LogP contribution in [-0.2, 0) is 9.53 Å². The zero-order chi connectivity index (χ0) is 15.2. The fraction of sp³-hybridized carbons (Fsp3) is 0.867. The third kappa shape index (κ3) is 4.88. The Labute approximate surface area is 126 Å². The second-order valence-corrected chi connectivity index (χ2v) is 6.16. The van der Waals surface area contributed by atoms with Crippen LogP contribution in [0.2, 0.25) is 0 Å². The second-order valence-electron chi connectivity index (χ2n) is 6.16. The van der Waals surface area contributed by atoms with E-state index >= 15 is 0 Å². The maximum Gasteiger partial charge on any atom is 0.319 e. The zero-order valence-electron chi connectivity index (χ0n) is 12.8. The van der Waals surface area contributed by atoms with Crippen LogP contribution in [0.15, 0.2) is 0 Å². The van der Waals surface area contributed by atoms with Gasteiger partial charge in [0.05, 0.1) is 19.1 Å². The summed E-state index contributed by atoms with van der Waals surface area (Å²) in [6.07, 6.45) is 5.51. The average molecular weight is 298 g/mol. The molecule has 21 heavy (non-hydrogen) atoms. The van der Waals surface area contributed by atoms with Crippen molar-refractivity contribution < 1.29 is 19.4 Å². The third-order valence-corrected chi connectivity index (χ3v) is 4.47. The number of likely N-dealkylation sites (tertiary alicyclic amines) is 1. The molecule has 6 nitrogen and oxygen atoms in total. The molecule has 1 saturated heterocycles. The molecule has 0 aromatic rings. The Balaban J connectivity index is 1.65. The fourth-order valence-corrected chi connectivity index (χ4v) is 2.91. The molecule has 2 fully saturated rings. The van der Waals surface area contributed by atoms with Crippen LogP contribution in [-0.4, -0.2) is 66.3 Å². The molecule has 1 saturated carbocycles. The van der Waals surface area contributed by atoms with Crippen LogP contribution in [0.25, 0.3) is 0 Å². The smallest absolute Gasteiger partial charge is 0.319 e. The summed E-state index contributed by atoms with van der Waals surface area (Å²) in [4.78, 5) is 26.5. The van der Waals surface area contributed by atoms with Crippen LogP contribution in [0.5, 0.6) is 0 Å². The molecule has 1 aliphatic carbocycles. The van der Waals surface area contributed by atoms with Crippen molar-refractivity contribution in [1.82, 2.24) is 9.80 Å². The first kappa shape index (κ1) is 16.1. The van der Waals surface area contributed by atoms with E-state index in [0.717, 1.165) is 19.4 Å². The quantitative estimate of drug-likeness (QED) is 0.811. The highest BCUT2D eigenvalue weighted by Crippen LogP contribution is 2.27. The van der Waals surface area contributed by atoms with Crippen LogP contribution < -0.4 is 0 Å². The summed E-state index contributed by atoms with van der Waals surface area (Å²) in [7, 11) is 1.89. The number of urea groups is 1. The van der Waals surface area contributed by atoms with Gasteiger partial charge in [0.25, 0.3) is 0 Å². The molecule has 6 heteroatoms. The van der Waals surface area contributed by atoms with Gasteiger partial charge in [0.2, 0.25) is 0 Å². The summed E-state index contributed by atoms with van der Waals surface area (Å²) in [5, 5.41) is 8.58. The molecule has 1 N–H and O–H groups in total. The summed E-state index contributed by atoms with van der Waals surface area (Å²) < 4.78 is 5.54. The molecule has 0 radical (unpaired) electrons. The lowest BCUT2D eigenvalue weighted by Crippen LogP contribution is -2.48. The number of carbonyl (C=O) groups excluding carboxylic acids is 1. The van der Waals surface area contributed by atoms with Crippen molar-refractivity contribution in [3.8, 4) is 0 Å². The van der Waals surface area contributed by atoms with Crippen LogP contribution in [0, 0.1) is 5.92 Å². The number of carbonyl (C=O) groups is 2. The first-order valence-electron chi connectivity index (χ1n) is 7.89. The molecule has 0 aromatic carbocycles. The number of carboxylic acid groups (broad SMARTS) is 1. The van der Waals surface area contributed by atoms with Crippen LogP contribution in [0.4, 0.5) is 4.79 Å². The molecule has 1 aliphatic heterocycles. The highest BCUT2D eigenvalue weighted by Gasteiger charge is 2.27. The van der Waals surface area contributed by atoms with Gasteiger partial charge in [-0.15, -0.1) is 0 Å². The van der Waals surface area contributed by atoms with Crippen molar-refractivity contribution in [3.63, 3.8) is 0 Å². The third-order valence-electron chi connectivity index (χ3n) is 4.47. The molecule has 0 bridgehead atoms. The molecular formula is C15H26N2O4. The van der Waals surface area contributed by atoms with E-state index < -0.39 is 5.97 Å². The standard InChI is InChI=1S/C15H26N2O4/c1-16(11-12-3-2-4-12)15(20)17-8-5-13(6-9-17)21-10-7-14(18)19/h12-13H,2-11H2,1H3,(H,18,19). The second kappa shape index (κ2) is 7.64. The Kier molecular flexibility index (Phi) is 5.85. The van der Waals surface area contributed by atoms with Crippen molar-refractivity contribution in [2.45, 2.75) is 44.6 Å². The Morgan fingerprint density at radius 3 is 2.43 bits per heavy atom. The van der Waals surface area contributed by atoms with E-state index in [1.165, 1.54) is 19.3 Å². The monoisotopic (exact) mass is 298 g/mol. The first-order chi connectivity index (χ1) is 10.1. The Hall–Kier alpha value is -1.30. The molecule has 2 aliphatic rings. The van der Waals surface area contributed by atoms with Gasteiger partial charge in [-0.2, -0.15) is 0 Å². The van der Waals surface area contributed by atoms with E-state index in [1.807, 2.05) is 16.8 Å². The molecule has 0 unspecified atom stereocenters. The predicted octanol–water partition coefficient (Wildman–Crippen LogP) is 1.79. The number of aliphatic carboxylic acids is 1. The van der Waals surface area contributed by atoms with Crippen molar-refractivity contribution in [3.05, 3.63) is 0 Å². The molecule has 0 spiro atoms. The number of hydrogen-bond acceptors (Lipinski definition) is 3. The minimum Gasteiger partial charge on any atom is -0.481 e. The first-order valence-corrected chi connectivity index (χ1v) is 7.89. The summed E-state index contributed by atoms with van der Waals surface area (Å²) >= 11 is 0. The van der Waals surface area contributed by atoms with Gasteiger partial charge in [-0.1, -0.05) is 6.42 Å². The van der Waals surface area contributed by atoms with Crippen molar-refractivity contribution in [2.24, 2.45) is 5.92 Å². The summed E-state index contributed by atoms with van der Waals surface area (Å²) in [5.41, 5.74) is 0. The summed E-state index contributed by atoms with van der Waals surface area (Å²) in [5.74, 6) is -0.143. The number of piperidine rings is 1. The van der Waals surface area contributed by atoms with Crippen molar-refractivity contribution in [1.29, 1.82) is 0 Å². The molecule has 2 rings (SSSR count). The van der Waals surface area contributed by atoms with Gasteiger partial charge >= 0.3 is 12.0 Å². The predicted molar refractivity (Wildman–Crippen MR) is 78.2 cm³/mol. The van der Waals surface area contributed by atoms with Crippen LogP contribution >= 0.6 is 0 Å². The van der Waals surface area contributed by atoms with Gasteiger partial charge in [0.15, 0.2) is 0 Å². The van der Waals surface area contributed by atoms with E-state index in [4.69, 9.17) is 9.84 Å². The lowest BCUT2D eigenvalue weighted by molar-refractivity contribution is -0.138. The Bertz CT molecular complexity index is 363. The molecule has 1 heterocycles. The van der Waals surface area contributed by atoms with Crippen molar-refractivity contribution >= 4 is 12.0 Å². The number of carboxylic acids is 1. The van der Waals surface area contributed by atoms with Gasteiger partial charge in [-0.25, -0.2) is 4.79 Å². The Morgan fingerprint density at radius 1 is 1.24 bits per heavy atom. The number of rotatable bonds is 6. The highest BCUT2D eigenvalue weighted by molar-refractivity contribution is 5.74. The maximum absolute atomic E-state index is 12.3. The Morgan fingerprint density at radius 2 is 1.90 bits per heavy atom. The van der Waals surface area contributed by atoms with Gasteiger partial charge in [0.1, 0.15) is 0 Å². The van der Waals surface area contributed by atoms with Gasteiger partial charge in [0, 0.05) is 26.7 Å². The summed E-state index contributed by atoms with van der Waals surface area (Å²) in [6, 6.07) is 0.117. The lowest BCUT2D eigenvalue weighted by atomic mass is 9.85. The largest absolute Gasteiger partial charge is 0.481 e. The van der Waals surface area contributed by atoms with Crippen LogP contribution in [0.3, 0.4) is 0 Å². The van der Waals surface area contributed by atoms with E-state index in [1.54, 1.807) is 0 Å². The summed E-state index contributed by atoms with van der Waals surface area (Å²) in [6.45, 7) is 2.53. The highest BCUT2D eigenvalue weighted by atomic mass is 16.5. The fourth-order valence-electron chi connectivity index (χ4n) is 2.91. The SMILES string of the molecule is CN(CC1CCC1)C(=O)N1CCC(OCCC(=O)O)CC1. The molecule has 0 aromatic heterocycles. The van der Waals surface area contributed by atoms with Crippen LogP contribution in [0.1, 0.15) is 38.5 Å². The zero-order valence-corrected chi connectivity index (χ0v) is 12.8. The lowest BCUT2D eigenvalue weighted by Gasteiger charge is -2.36. The van der Waals surface area contributed by atoms with Gasteiger partial charge in [-0.05, 0) is 31.6 Å². The number of nitrogens with zero attached hydrogens (tertiary/aromatic N) is 2. The molecular weight excluding hydrogens is 272 g/mol. The molecule has 0 atom stereocenters. The molecule has 2 amide bonds. The van der Waals surface area contributed by atoms with E-state index in [-0.39, 0.29) is 25.2 Å². The minimum atomic E-state index is -0.833. The minimum absolute atomic E-state index is 0.0449. The number of ether oxygens (including phenoxy) is 1. The topological polar surface area (TPSA) is 70.1 Å². The van der Waals surface area contributed by atoms with E-state index in [2.05, 4.69) is 0 Å². The van der Waals surface area contributed by atoms with Gasteiger partial charge in [-0.3, -0.25) is 4.79 Å². The maximum atomic E-state index is 12.3.